The third-order valence-corrected chi connectivity index (χ3v) is 5.32. The first-order chi connectivity index (χ1) is 13.2. The van der Waals surface area contributed by atoms with E-state index in [1.54, 1.807) is 0 Å². The highest BCUT2D eigenvalue weighted by molar-refractivity contribution is 8.14. The number of hydrogen-bond acceptors (Lipinski definition) is 2. The summed E-state index contributed by atoms with van der Waals surface area (Å²) >= 11 is -0.805. The van der Waals surface area contributed by atoms with Crippen LogP contribution in [0.4, 0.5) is 74.6 Å². The Kier molecular flexibility index (Phi) is 6.44. The van der Waals surface area contributed by atoms with E-state index in [0.717, 1.165) is 0 Å². The summed E-state index contributed by atoms with van der Waals surface area (Å²) in [6.45, 7) is 0. The minimum Gasteiger partial charge on any atom is -0.287 e. The predicted molar refractivity (Wildman–Crippen MR) is 66.3 cm³/mol. The maximum absolute atomic E-state index is 13.7. The van der Waals surface area contributed by atoms with E-state index < -0.39 is 82.6 Å². The SMILES string of the molecule is O=C1CCC(C(F)(F)C(F)(F)C(F)(F)C(F)(F)C(F)(F)C(F)(F)C(F)(F)C(F)(F)F)S1. The first-order valence-electron chi connectivity index (χ1n) is 7.16. The number of carbonyl (C=O) groups excluding carboxylic acids is 1. The fourth-order valence-electron chi connectivity index (χ4n) is 2.16. The van der Waals surface area contributed by atoms with Crippen molar-refractivity contribution >= 4 is 16.9 Å². The van der Waals surface area contributed by atoms with Crippen molar-refractivity contribution in [3.8, 4) is 0 Å². The summed E-state index contributed by atoms with van der Waals surface area (Å²) in [5.41, 5.74) is 0. The molecule has 1 nitrogen and oxygen atoms in total. The molecule has 0 saturated carbocycles. The molecule has 0 bridgehead atoms. The van der Waals surface area contributed by atoms with Crippen molar-refractivity contribution in [3.05, 3.63) is 0 Å². The van der Waals surface area contributed by atoms with Gasteiger partial charge in [0, 0.05) is 6.42 Å². The molecular weight excluding hydrogens is 515 g/mol. The highest BCUT2D eigenvalue weighted by Crippen LogP contribution is 2.65. The molecule has 0 radical (unpaired) electrons. The highest BCUT2D eigenvalue weighted by Gasteiger charge is 2.95. The predicted octanol–water partition coefficient (Wildman–Crippen LogP) is 6.42. The molecular formula is C12H5F17OS. The molecule has 31 heavy (non-hydrogen) atoms. The number of hydrogen-bond donors (Lipinski definition) is 0. The lowest BCUT2D eigenvalue weighted by molar-refractivity contribution is -0.461. The molecule has 1 atom stereocenters. The van der Waals surface area contributed by atoms with Gasteiger partial charge in [0.25, 0.3) is 0 Å². The third kappa shape index (κ3) is 3.52. The quantitative estimate of drug-likeness (QED) is 0.361. The summed E-state index contributed by atoms with van der Waals surface area (Å²) in [6, 6.07) is 0. The van der Waals surface area contributed by atoms with Gasteiger partial charge >= 0.3 is 47.6 Å². The molecule has 19 heteroatoms. The van der Waals surface area contributed by atoms with Crippen LogP contribution in [0.25, 0.3) is 0 Å². The van der Waals surface area contributed by atoms with E-state index in [1.807, 2.05) is 0 Å². The van der Waals surface area contributed by atoms with Gasteiger partial charge in [0.15, 0.2) is 5.12 Å². The number of thioether (sulfide) groups is 1. The molecule has 0 amide bonds. The molecule has 1 aliphatic heterocycles. The number of alkyl halides is 17. The molecule has 0 spiro atoms. The van der Waals surface area contributed by atoms with Gasteiger partial charge in [-0.1, -0.05) is 11.8 Å². The van der Waals surface area contributed by atoms with Crippen LogP contribution in [-0.4, -0.2) is 58.0 Å². The molecule has 0 aromatic carbocycles. The second kappa shape index (κ2) is 7.16. The molecule has 0 aromatic heterocycles. The lowest BCUT2D eigenvalue weighted by Crippen LogP contribution is -2.75. The largest absolute Gasteiger partial charge is 0.460 e. The average Bonchev–Trinajstić information content (AvgIpc) is 2.99. The fraction of sp³-hybridized carbons (Fsp3) is 0.917. The monoisotopic (exact) mass is 520 g/mol. The van der Waals surface area contributed by atoms with E-state index in [2.05, 4.69) is 0 Å². The van der Waals surface area contributed by atoms with E-state index in [1.165, 1.54) is 0 Å². The molecule has 1 saturated heterocycles. The fourth-order valence-corrected chi connectivity index (χ4v) is 3.24. The van der Waals surface area contributed by atoms with Crippen LogP contribution in [0.1, 0.15) is 12.8 Å². The van der Waals surface area contributed by atoms with Crippen LogP contribution in [0.3, 0.4) is 0 Å². The van der Waals surface area contributed by atoms with Gasteiger partial charge in [0.2, 0.25) is 0 Å². The standard InChI is InChI=1S/C12H5F17OS/c13-5(14,3-1-2-4(30)31-3)6(15,16)7(17,18)8(19,20)9(21,22)10(23,24)11(25,26)12(27,28)29/h3H,1-2H2. The van der Waals surface area contributed by atoms with Crippen LogP contribution < -0.4 is 0 Å². The second-order valence-electron chi connectivity index (χ2n) is 6.08. The van der Waals surface area contributed by atoms with Crippen LogP contribution in [0, 0.1) is 0 Å². The summed E-state index contributed by atoms with van der Waals surface area (Å²) in [6.07, 6.45) is -10.2. The van der Waals surface area contributed by atoms with Crippen molar-refractivity contribution < 1.29 is 79.4 Å². The Hall–Kier alpha value is -1.17. The van der Waals surface area contributed by atoms with Gasteiger partial charge in [-0.25, -0.2) is 0 Å². The van der Waals surface area contributed by atoms with Crippen molar-refractivity contribution in [1.29, 1.82) is 0 Å². The number of rotatable bonds is 7. The van der Waals surface area contributed by atoms with Crippen LogP contribution in [0.15, 0.2) is 0 Å². The zero-order valence-electron chi connectivity index (χ0n) is 13.7. The maximum atomic E-state index is 13.7. The van der Waals surface area contributed by atoms with Crippen LogP contribution >= 0.6 is 11.8 Å². The van der Waals surface area contributed by atoms with Gasteiger partial charge in [0.1, 0.15) is 0 Å². The minimum absolute atomic E-state index is 0.805. The lowest BCUT2D eigenvalue weighted by atomic mass is 9.88. The van der Waals surface area contributed by atoms with Gasteiger partial charge in [-0.2, -0.15) is 74.6 Å². The van der Waals surface area contributed by atoms with Crippen LogP contribution in [0.5, 0.6) is 0 Å². The summed E-state index contributed by atoms with van der Waals surface area (Å²) in [4.78, 5) is 10.8. The van der Waals surface area contributed by atoms with E-state index >= 15 is 0 Å². The topological polar surface area (TPSA) is 17.1 Å². The van der Waals surface area contributed by atoms with Gasteiger partial charge in [0.05, 0.1) is 5.25 Å². The third-order valence-electron chi connectivity index (χ3n) is 4.04. The Morgan fingerprint density at radius 1 is 0.548 bits per heavy atom. The van der Waals surface area contributed by atoms with Gasteiger partial charge in [-0.05, 0) is 6.42 Å². The molecule has 1 heterocycles. The zero-order chi connectivity index (χ0) is 25.3. The van der Waals surface area contributed by atoms with Crippen molar-refractivity contribution in [1.82, 2.24) is 0 Å². The first-order valence-corrected chi connectivity index (χ1v) is 8.04. The van der Waals surface area contributed by atoms with Crippen molar-refractivity contribution in [2.24, 2.45) is 0 Å². The summed E-state index contributed by atoms with van der Waals surface area (Å²) in [5, 5.41) is -4.63. The summed E-state index contributed by atoms with van der Waals surface area (Å²) in [5.74, 6) is -56.5. The average molecular weight is 520 g/mol. The van der Waals surface area contributed by atoms with Crippen molar-refractivity contribution in [2.45, 2.75) is 65.7 Å². The van der Waals surface area contributed by atoms with E-state index in [4.69, 9.17) is 0 Å². The summed E-state index contributed by atoms with van der Waals surface area (Å²) in [7, 11) is 0. The number of carbonyl (C=O) groups is 1. The van der Waals surface area contributed by atoms with E-state index in [9.17, 15) is 79.4 Å². The van der Waals surface area contributed by atoms with Gasteiger partial charge < -0.3 is 0 Å². The minimum atomic E-state index is -8.64. The van der Waals surface area contributed by atoms with E-state index in [-0.39, 0.29) is 0 Å². The smallest absolute Gasteiger partial charge is 0.287 e. The van der Waals surface area contributed by atoms with Crippen molar-refractivity contribution in [2.75, 3.05) is 0 Å². The van der Waals surface area contributed by atoms with Crippen LogP contribution in [-0.2, 0) is 4.79 Å². The molecule has 1 fully saturated rings. The zero-order valence-corrected chi connectivity index (χ0v) is 14.5. The second-order valence-corrected chi connectivity index (χ2v) is 7.34. The molecule has 1 aliphatic rings. The normalized spacial score (nSPS) is 21.1. The Morgan fingerprint density at radius 3 is 1.16 bits per heavy atom. The molecule has 0 aromatic rings. The first kappa shape index (κ1) is 27.9. The van der Waals surface area contributed by atoms with Gasteiger partial charge in [-0.3, -0.25) is 4.79 Å². The highest BCUT2D eigenvalue weighted by atomic mass is 32.2. The molecule has 1 rings (SSSR count). The number of halogens is 17. The molecule has 0 N–H and O–H groups in total. The lowest BCUT2D eigenvalue weighted by Gasteiger charge is -2.43. The van der Waals surface area contributed by atoms with Crippen LogP contribution in [0.2, 0.25) is 0 Å². The Bertz CT molecular complexity index is 708. The molecule has 0 aliphatic carbocycles. The Labute approximate surface area is 163 Å². The maximum Gasteiger partial charge on any atom is 0.460 e. The summed E-state index contributed by atoms with van der Waals surface area (Å²) < 4.78 is 222. The van der Waals surface area contributed by atoms with Crippen molar-refractivity contribution in [3.63, 3.8) is 0 Å². The molecule has 1 unspecified atom stereocenters. The Balaban J connectivity index is 3.59. The van der Waals surface area contributed by atoms with E-state index in [0.29, 0.717) is 0 Å². The Morgan fingerprint density at radius 2 is 0.871 bits per heavy atom. The molecule has 184 valence electrons. The van der Waals surface area contributed by atoms with Gasteiger partial charge in [-0.15, -0.1) is 0 Å².